The zero-order valence-corrected chi connectivity index (χ0v) is 13.3. The molecule has 0 amide bonds. The number of hydrogen-bond donors (Lipinski definition) is 0. The lowest BCUT2D eigenvalue weighted by atomic mass is 10.2. The Bertz CT molecular complexity index is 661. The van der Waals surface area contributed by atoms with Gasteiger partial charge in [0.25, 0.3) is 0 Å². The fraction of sp³-hybridized carbons (Fsp3) is 0.625. The SMILES string of the molecule is CO[C@@H]1C[C@@H](c2nnc3n2CCC3)N(Cc2cccn2C)C1. The Morgan fingerprint density at radius 1 is 1.36 bits per heavy atom. The third-order valence-corrected chi connectivity index (χ3v) is 5.05. The summed E-state index contributed by atoms with van der Waals surface area (Å²) in [6.45, 7) is 2.94. The first-order chi connectivity index (χ1) is 10.8. The Morgan fingerprint density at radius 3 is 3.05 bits per heavy atom. The third kappa shape index (κ3) is 2.27. The molecule has 4 heterocycles. The molecule has 22 heavy (non-hydrogen) atoms. The zero-order valence-electron chi connectivity index (χ0n) is 13.3. The Balaban J connectivity index is 1.62. The Labute approximate surface area is 130 Å². The normalized spacial score (nSPS) is 25.0. The third-order valence-electron chi connectivity index (χ3n) is 5.05. The maximum atomic E-state index is 5.63. The van der Waals surface area contributed by atoms with Gasteiger partial charge in [0.2, 0.25) is 0 Å². The van der Waals surface area contributed by atoms with Crippen LogP contribution in [0, 0.1) is 0 Å². The average molecular weight is 301 g/mol. The van der Waals surface area contributed by atoms with Gasteiger partial charge < -0.3 is 13.9 Å². The lowest BCUT2D eigenvalue weighted by Crippen LogP contribution is -2.27. The van der Waals surface area contributed by atoms with Gasteiger partial charge in [0.1, 0.15) is 5.82 Å². The van der Waals surface area contributed by atoms with Crippen LogP contribution in [-0.4, -0.2) is 44.0 Å². The minimum absolute atomic E-state index is 0.277. The lowest BCUT2D eigenvalue weighted by molar-refractivity contribution is 0.107. The summed E-state index contributed by atoms with van der Waals surface area (Å²) in [6, 6.07) is 4.59. The van der Waals surface area contributed by atoms with E-state index in [9.17, 15) is 0 Å². The molecule has 6 nitrogen and oxygen atoms in total. The van der Waals surface area contributed by atoms with E-state index in [0.29, 0.717) is 6.04 Å². The molecule has 0 aromatic carbocycles. The molecular formula is C16H23N5O. The highest BCUT2D eigenvalue weighted by Gasteiger charge is 2.37. The number of fused-ring (bicyclic) bond motifs is 1. The standard InChI is InChI=1S/C16H23N5O/c1-19-7-3-5-12(19)10-20-11-13(22-2)9-14(20)16-18-17-15-6-4-8-21(15)16/h3,5,7,13-14H,4,6,8-11H2,1-2H3/t13-,14+/m1/s1. The van der Waals surface area contributed by atoms with E-state index in [-0.39, 0.29) is 6.10 Å². The van der Waals surface area contributed by atoms with Crippen molar-refractivity contribution in [2.45, 2.75) is 44.5 Å². The molecule has 2 aromatic heterocycles. The Kier molecular flexibility index (Phi) is 3.50. The molecule has 2 atom stereocenters. The molecule has 2 aliphatic rings. The molecule has 1 fully saturated rings. The van der Waals surface area contributed by atoms with Crippen molar-refractivity contribution in [2.24, 2.45) is 7.05 Å². The van der Waals surface area contributed by atoms with Gasteiger partial charge in [-0.2, -0.15) is 0 Å². The molecular weight excluding hydrogens is 278 g/mol. The predicted octanol–water partition coefficient (Wildman–Crippen LogP) is 1.52. The zero-order chi connectivity index (χ0) is 15.1. The second-order valence-electron chi connectivity index (χ2n) is 6.38. The van der Waals surface area contributed by atoms with Crippen molar-refractivity contribution < 1.29 is 4.74 Å². The number of methoxy groups -OCH3 is 1. The average Bonchev–Trinajstić information content (AvgIpc) is 3.24. The largest absolute Gasteiger partial charge is 0.380 e. The predicted molar refractivity (Wildman–Crippen MR) is 82.3 cm³/mol. The van der Waals surface area contributed by atoms with Crippen LogP contribution in [0.2, 0.25) is 0 Å². The number of likely N-dealkylation sites (tertiary alicyclic amines) is 1. The van der Waals surface area contributed by atoms with Crippen molar-refractivity contribution in [3.05, 3.63) is 35.7 Å². The molecule has 0 bridgehead atoms. The highest BCUT2D eigenvalue weighted by Crippen LogP contribution is 2.35. The Morgan fingerprint density at radius 2 is 2.27 bits per heavy atom. The van der Waals surface area contributed by atoms with Crippen molar-refractivity contribution >= 4 is 0 Å². The summed E-state index contributed by atoms with van der Waals surface area (Å²) in [4.78, 5) is 2.49. The molecule has 0 radical (unpaired) electrons. The van der Waals surface area contributed by atoms with Gasteiger partial charge in [-0.15, -0.1) is 10.2 Å². The van der Waals surface area contributed by atoms with Gasteiger partial charge in [0.05, 0.1) is 12.1 Å². The second-order valence-corrected chi connectivity index (χ2v) is 6.38. The van der Waals surface area contributed by atoms with Crippen LogP contribution >= 0.6 is 0 Å². The number of rotatable bonds is 4. The number of hydrogen-bond acceptors (Lipinski definition) is 4. The van der Waals surface area contributed by atoms with E-state index in [1.165, 1.54) is 12.1 Å². The monoisotopic (exact) mass is 301 g/mol. The summed E-state index contributed by atoms with van der Waals surface area (Å²) in [5.41, 5.74) is 1.32. The minimum atomic E-state index is 0.277. The quantitative estimate of drug-likeness (QED) is 0.859. The van der Waals surface area contributed by atoms with Crippen LogP contribution in [0.25, 0.3) is 0 Å². The van der Waals surface area contributed by atoms with Crippen LogP contribution in [-0.2, 0) is 31.3 Å². The first-order valence-electron chi connectivity index (χ1n) is 8.05. The second kappa shape index (κ2) is 5.52. The first kappa shape index (κ1) is 14.0. The fourth-order valence-electron chi connectivity index (χ4n) is 3.76. The van der Waals surface area contributed by atoms with Gasteiger partial charge in [-0.3, -0.25) is 4.90 Å². The molecule has 118 valence electrons. The maximum absolute atomic E-state index is 5.63. The summed E-state index contributed by atoms with van der Waals surface area (Å²) >= 11 is 0. The number of ether oxygens (including phenoxy) is 1. The molecule has 0 aliphatic carbocycles. The molecule has 2 aliphatic heterocycles. The van der Waals surface area contributed by atoms with Crippen LogP contribution in [0.15, 0.2) is 18.3 Å². The summed E-state index contributed by atoms with van der Waals surface area (Å²) in [6.07, 6.45) is 5.63. The molecule has 0 unspecified atom stereocenters. The Hall–Kier alpha value is -1.66. The van der Waals surface area contributed by atoms with E-state index in [0.717, 1.165) is 44.1 Å². The van der Waals surface area contributed by atoms with E-state index < -0.39 is 0 Å². The van der Waals surface area contributed by atoms with Crippen molar-refractivity contribution in [2.75, 3.05) is 13.7 Å². The summed E-state index contributed by atoms with van der Waals surface area (Å²) in [7, 11) is 3.91. The summed E-state index contributed by atoms with van der Waals surface area (Å²) in [5, 5.41) is 8.88. The van der Waals surface area contributed by atoms with Gasteiger partial charge in [-0.1, -0.05) is 0 Å². The maximum Gasteiger partial charge on any atom is 0.150 e. The van der Waals surface area contributed by atoms with E-state index in [2.05, 4.69) is 49.6 Å². The van der Waals surface area contributed by atoms with E-state index in [4.69, 9.17) is 4.74 Å². The fourth-order valence-corrected chi connectivity index (χ4v) is 3.76. The minimum Gasteiger partial charge on any atom is -0.380 e. The number of aryl methyl sites for hydroxylation is 2. The molecule has 0 spiro atoms. The van der Waals surface area contributed by atoms with Crippen LogP contribution in [0.4, 0.5) is 0 Å². The summed E-state index contributed by atoms with van der Waals surface area (Å²) < 4.78 is 10.1. The van der Waals surface area contributed by atoms with Gasteiger partial charge in [-0.05, 0) is 25.0 Å². The van der Waals surface area contributed by atoms with Crippen molar-refractivity contribution in [1.29, 1.82) is 0 Å². The molecule has 0 saturated carbocycles. The van der Waals surface area contributed by atoms with Gasteiger partial charge in [-0.25, -0.2) is 0 Å². The van der Waals surface area contributed by atoms with Gasteiger partial charge >= 0.3 is 0 Å². The molecule has 4 rings (SSSR count). The van der Waals surface area contributed by atoms with Crippen LogP contribution in [0.1, 0.15) is 36.2 Å². The van der Waals surface area contributed by atoms with Crippen LogP contribution in [0.5, 0.6) is 0 Å². The van der Waals surface area contributed by atoms with Crippen molar-refractivity contribution in [1.82, 2.24) is 24.2 Å². The number of nitrogens with zero attached hydrogens (tertiary/aromatic N) is 5. The molecule has 1 saturated heterocycles. The van der Waals surface area contributed by atoms with Crippen LogP contribution in [0.3, 0.4) is 0 Å². The topological polar surface area (TPSA) is 48.1 Å². The van der Waals surface area contributed by atoms with Crippen molar-refractivity contribution in [3.63, 3.8) is 0 Å². The van der Waals surface area contributed by atoms with Gasteiger partial charge in [0.15, 0.2) is 5.82 Å². The first-order valence-corrected chi connectivity index (χ1v) is 8.05. The number of aromatic nitrogens is 4. The molecule has 2 aromatic rings. The van der Waals surface area contributed by atoms with E-state index >= 15 is 0 Å². The van der Waals surface area contributed by atoms with Crippen LogP contribution < -0.4 is 0 Å². The summed E-state index contributed by atoms with van der Waals surface area (Å²) in [5.74, 6) is 2.27. The molecule has 6 heteroatoms. The van der Waals surface area contributed by atoms with Gasteiger partial charge in [0, 0.05) is 52.1 Å². The molecule has 0 N–H and O–H groups in total. The van der Waals surface area contributed by atoms with Crippen molar-refractivity contribution in [3.8, 4) is 0 Å². The smallest absolute Gasteiger partial charge is 0.150 e. The van der Waals surface area contributed by atoms with E-state index in [1.54, 1.807) is 0 Å². The van der Waals surface area contributed by atoms with E-state index in [1.807, 2.05) is 7.11 Å². The lowest BCUT2D eigenvalue weighted by Gasteiger charge is -2.23. The highest BCUT2D eigenvalue weighted by atomic mass is 16.5. The highest BCUT2D eigenvalue weighted by molar-refractivity contribution is 5.11.